The van der Waals surface area contributed by atoms with E-state index in [2.05, 4.69) is 16.0 Å². The normalized spacial score (nSPS) is 17.5. The second-order valence-electron chi connectivity index (χ2n) is 5.76. The summed E-state index contributed by atoms with van der Waals surface area (Å²) in [6.45, 7) is 5.41. The van der Waals surface area contributed by atoms with Crippen LogP contribution in [0.1, 0.15) is 26.7 Å². The van der Waals surface area contributed by atoms with Gasteiger partial charge in [0, 0.05) is 23.8 Å². The first-order chi connectivity index (χ1) is 10.1. The van der Waals surface area contributed by atoms with Gasteiger partial charge in [-0.2, -0.15) is 0 Å². The maximum Gasteiger partial charge on any atom is 0.228 e. The van der Waals surface area contributed by atoms with E-state index in [1.165, 1.54) is 0 Å². The van der Waals surface area contributed by atoms with Crippen molar-refractivity contribution in [2.75, 3.05) is 23.7 Å². The Morgan fingerprint density at radius 3 is 2.50 bits per heavy atom. The second-order valence-corrected chi connectivity index (χ2v) is 5.76. The summed E-state index contributed by atoms with van der Waals surface area (Å²) >= 11 is 0. The highest BCUT2D eigenvalue weighted by atomic mass is 35.5. The lowest BCUT2D eigenvalue weighted by atomic mass is 9.99. The number of benzene rings is 1. The molecule has 0 spiro atoms. The fraction of sp³-hybridized carbons (Fsp3) is 0.500. The van der Waals surface area contributed by atoms with E-state index in [1.807, 2.05) is 32.0 Å². The van der Waals surface area contributed by atoms with Crippen LogP contribution in [-0.2, 0) is 9.59 Å². The zero-order valence-corrected chi connectivity index (χ0v) is 13.8. The van der Waals surface area contributed by atoms with Crippen LogP contribution in [0.3, 0.4) is 0 Å². The maximum atomic E-state index is 12.2. The molecule has 1 aromatic carbocycles. The molecule has 1 aliphatic heterocycles. The number of hydrogen-bond donors (Lipinski definition) is 3. The van der Waals surface area contributed by atoms with Gasteiger partial charge in [-0.05, 0) is 37.6 Å². The lowest BCUT2D eigenvalue weighted by Gasteiger charge is -2.22. The molecule has 122 valence electrons. The third-order valence-corrected chi connectivity index (χ3v) is 3.59. The Balaban J connectivity index is 0.00000242. The molecule has 0 saturated carbocycles. The smallest absolute Gasteiger partial charge is 0.228 e. The fourth-order valence-corrected chi connectivity index (χ4v) is 2.28. The Morgan fingerprint density at radius 1 is 1.23 bits per heavy atom. The third-order valence-electron chi connectivity index (χ3n) is 3.59. The molecule has 1 fully saturated rings. The Morgan fingerprint density at radius 2 is 1.91 bits per heavy atom. The van der Waals surface area contributed by atoms with Gasteiger partial charge in [0.1, 0.15) is 0 Å². The molecule has 1 aromatic rings. The van der Waals surface area contributed by atoms with Crippen molar-refractivity contribution in [3.05, 3.63) is 24.3 Å². The molecule has 1 saturated heterocycles. The Hall–Kier alpha value is -1.59. The van der Waals surface area contributed by atoms with E-state index in [-0.39, 0.29) is 36.1 Å². The monoisotopic (exact) mass is 325 g/mol. The summed E-state index contributed by atoms with van der Waals surface area (Å²) in [5.74, 6) is -0.0475. The van der Waals surface area contributed by atoms with Gasteiger partial charge < -0.3 is 16.0 Å². The first-order valence-electron chi connectivity index (χ1n) is 7.49. The van der Waals surface area contributed by atoms with Gasteiger partial charge >= 0.3 is 0 Å². The van der Waals surface area contributed by atoms with E-state index in [1.54, 1.807) is 6.07 Å². The number of hydrogen-bond acceptors (Lipinski definition) is 3. The van der Waals surface area contributed by atoms with E-state index < -0.39 is 0 Å². The lowest BCUT2D eigenvalue weighted by Crippen LogP contribution is -2.37. The first-order valence-corrected chi connectivity index (χ1v) is 7.49. The molecule has 22 heavy (non-hydrogen) atoms. The molecule has 1 atom stereocenters. The molecular formula is C16H24ClN3O2. The van der Waals surface area contributed by atoms with Crippen molar-refractivity contribution < 1.29 is 9.59 Å². The van der Waals surface area contributed by atoms with Crippen molar-refractivity contribution in [3.8, 4) is 0 Å². The second kappa shape index (κ2) is 8.76. The number of piperidine rings is 1. The summed E-state index contributed by atoms with van der Waals surface area (Å²) < 4.78 is 0. The van der Waals surface area contributed by atoms with E-state index in [9.17, 15) is 9.59 Å². The van der Waals surface area contributed by atoms with Gasteiger partial charge in [-0.3, -0.25) is 9.59 Å². The zero-order valence-electron chi connectivity index (χ0n) is 13.0. The standard InChI is InChI=1S/C16H23N3O2.ClH/c1-11(2)15(20)18-13-6-3-7-14(9-13)19-16(21)12-5-4-8-17-10-12;/h3,6-7,9,11-12,17H,4-5,8,10H2,1-2H3,(H,18,20)(H,19,21);1H. The predicted octanol–water partition coefficient (Wildman–Crippen LogP) is 2.64. The average molecular weight is 326 g/mol. The quantitative estimate of drug-likeness (QED) is 0.797. The largest absolute Gasteiger partial charge is 0.326 e. The Bertz CT molecular complexity index is 514. The maximum absolute atomic E-state index is 12.2. The number of rotatable bonds is 4. The number of halogens is 1. The van der Waals surface area contributed by atoms with Gasteiger partial charge in [0.05, 0.1) is 5.92 Å². The van der Waals surface area contributed by atoms with E-state index in [0.717, 1.165) is 25.9 Å². The summed E-state index contributed by atoms with van der Waals surface area (Å²) in [5, 5.41) is 8.99. The number of carbonyl (C=O) groups excluding carboxylic acids is 2. The summed E-state index contributed by atoms with van der Waals surface area (Å²) in [6.07, 6.45) is 1.95. The number of amides is 2. The average Bonchev–Trinajstić information content (AvgIpc) is 2.48. The molecule has 0 bridgehead atoms. The van der Waals surface area contributed by atoms with Crippen molar-refractivity contribution in [2.45, 2.75) is 26.7 Å². The fourth-order valence-electron chi connectivity index (χ4n) is 2.28. The molecular weight excluding hydrogens is 302 g/mol. The Labute approximate surface area is 137 Å². The van der Waals surface area contributed by atoms with Gasteiger partial charge in [-0.25, -0.2) is 0 Å². The van der Waals surface area contributed by atoms with Crippen molar-refractivity contribution in [1.82, 2.24) is 5.32 Å². The molecule has 0 aliphatic carbocycles. The van der Waals surface area contributed by atoms with Crippen LogP contribution >= 0.6 is 12.4 Å². The topological polar surface area (TPSA) is 70.2 Å². The molecule has 6 heteroatoms. The van der Waals surface area contributed by atoms with Crippen LogP contribution < -0.4 is 16.0 Å². The number of nitrogens with one attached hydrogen (secondary N) is 3. The predicted molar refractivity (Wildman–Crippen MR) is 91.4 cm³/mol. The van der Waals surface area contributed by atoms with E-state index in [0.29, 0.717) is 11.4 Å². The van der Waals surface area contributed by atoms with Crippen LogP contribution in [0.5, 0.6) is 0 Å². The van der Waals surface area contributed by atoms with Crippen LogP contribution in [0, 0.1) is 11.8 Å². The summed E-state index contributed by atoms with van der Waals surface area (Å²) in [6, 6.07) is 7.26. The molecule has 2 amide bonds. The zero-order chi connectivity index (χ0) is 15.2. The van der Waals surface area contributed by atoms with Gasteiger partial charge in [0.2, 0.25) is 11.8 Å². The molecule has 1 heterocycles. The van der Waals surface area contributed by atoms with Crippen LogP contribution in [0.25, 0.3) is 0 Å². The first kappa shape index (κ1) is 18.5. The van der Waals surface area contributed by atoms with Gasteiger partial charge in [-0.1, -0.05) is 19.9 Å². The number of carbonyl (C=O) groups is 2. The van der Waals surface area contributed by atoms with Crippen molar-refractivity contribution in [1.29, 1.82) is 0 Å². The Kier molecular flexibility index (Phi) is 7.35. The minimum Gasteiger partial charge on any atom is -0.326 e. The number of anilines is 2. The summed E-state index contributed by atoms with van der Waals surface area (Å²) in [5.41, 5.74) is 1.42. The highest BCUT2D eigenvalue weighted by Gasteiger charge is 2.20. The van der Waals surface area contributed by atoms with Crippen LogP contribution in [0.15, 0.2) is 24.3 Å². The van der Waals surface area contributed by atoms with Crippen LogP contribution in [-0.4, -0.2) is 24.9 Å². The molecule has 1 unspecified atom stereocenters. The van der Waals surface area contributed by atoms with Gasteiger partial charge in [0.25, 0.3) is 0 Å². The minimum atomic E-state index is -0.0726. The molecule has 0 radical (unpaired) electrons. The van der Waals surface area contributed by atoms with Crippen molar-refractivity contribution in [2.24, 2.45) is 11.8 Å². The molecule has 1 aliphatic rings. The highest BCUT2D eigenvalue weighted by molar-refractivity contribution is 5.95. The van der Waals surface area contributed by atoms with Crippen molar-refractivity contribution >= 4 is 35.6 Å². The summed E-state index contributed by atoms with van der Waals surface area (Å²) in [4.78, 5) is 23.9. The highest BCUT2D eigenvalue weighted by Crippen LogP contribution is 2.18. The molecule has 0 aromatic heterocycles. The van der Waals surface area contributed by atoms with Crippen molar-refractivity contribution in [3.63, 3.8) is 0 Å². The van der Waals surface area contributed by atoms with Crippen LogP contribution in [0.4, 0.5) is 11.4 Å². The third kappa shape index (κ3) is 5.31. The van der Waals surface area contributed by atoms with Gasteiger partial charge in [0.15, 0.2) is 0 Å². The molecule has 5 nitrogen and oxygen atoms in total. The van der Waals surface area contributed by atoms with Gasteiger partial charge in [-0.15, -0.1) is 12.4 Å². The molecule has 2 rings (SSSR count). The van der Waals surface area contributed by atoms with E-state index >= 15 is 0 Å². The minimum absolute atomic E-state index is 0. The van der Waals surface area contributed by atoms with Crippen LogP contribution in [0.2, 0.25) is 0 Å². The lowest BCUT2D eigenvalue weighted by molar-refractivity contribution is -0.120. The van der Waals surface area contributed by atoms with E-state index in [4.69, 9.17) is 0 Å². The SMILES string of the molecule is CC(C)C(=O)Nc1cccc(NC(=O)C2CCCNC2)c1.Cl. The molecule has 3 N–H and O–H groups in total. The summed E-state index contributed by atoms with van der Waals surface area (Å²) in [7, 11) is 0.